The van der Waals surface area contributed by atoms with Crippen molar-refractivity contribution in [2.45, 2.75) is 36.2 Å². The van der Waals surface area contributed by atoms with E-state index in [1.165, 1.54) is 0 Å². The van der Waals surface area contributed by atoms with Crippen molar-refractivity contribution in [3.05, 3.63) is 41.1 Å². The Balaban J connectivity index is 2.19. The third-order valence-corrected chi connectivity index (χ3v) is 4.69. The van der Waals surface area contributed by atoms with Crippen molar-refractivity contribution in [1.82, 2.24) is 9.97 Å². The normalized spacial score (nSPS) is 14.0. The predicted molar refractivity (Wildman–Crippen MR) is 88.7 cm³/mol. The molecule has 144 valence electrons. The van der Waals surface area contributed by atoms with E-state index in [1.54, 1.807) is 0 Å². The van der Waals surface area contributed by atoms with E-state index in [0.29, 0.717) is 41.8 Å². The average molecular weight is 404 g/mol. The molecule has 0 atom stereocenters. The van der Waals surface area contributed by atoms with Crippen LogP contribution in [0.15, 0.2) is 23.2 Å². The number of amides is 2. The van der Waals surface area contributed by atoms with Gasteiger partial charge in [0, 0.05) is 17.3 Å². The zero-order valence-electron chi connectivity index (χ0n) is 13.7. The lowest BCUT2D eigenvalue weighted by Crippen LogP contribution is -2.35. The molecule has 1 aromatic carbocycles. The average Bonchev–Trinajstić information content (AvgIpc) is 2.56. The van der Waals surface area contributed by atoms with Crippen LogP contribution in [0.1, 0.15) is 24.1 Å². The van der Waals surface area contributed by atoms with Gasteiger partial charge in [-0.25, -0.2) is 28.4 Å². The van der Waals surface area contributed by atoms with Crippen LogP contribution in [-0.2, 0) is 12.8 Å². The zero-order valence-corrected chi connectivity index (χ0v) is 14.5. The lowest BCUT2D eigenvalue weighted by Gasteiger charge is -2.24. The summed E-state index contributed by atoms with van der Waals surface area (Å²) in [6.07, 6.45) is 2.06. The number of nitrogens with two attached hydrogens (primary N) is 1. The summed E-state index contributed by atoms with van der Waals surface area (Å²) >= 11 is -0.455. The Hall–Kier alpha value is -2.43. The molecule has 0 fully saturated rings. The summed E-state index contributed by atoms with van der Waals surface area (Å²) in [6.45, 7) is 0. The number of alkyl halides is 3. The van der Waals surface area contributed by atoms with Crippen LogP contribution < -0.4 is 10.6 Å². The zero-order chi connectivity index (χ0) is 19.8. The van der Waals surface area contributed by atoms with Gasteiger partial charge in [-0.05, 0) is 37.8 Å². The van der Waals surface area contributed by atoms with Gasteiger partial charge in [0.2, 0.25) is 5.95 Å². The van der Waals surface area contributed by atoms with Crippen molar-refractivity contribution in [1.29, 1.82) is 0 Å². The molecule has 1 heterocycles. The van der Waals surface area contributed by atoms with Gasteiger partial charge in [-0.3, -0.25) is 0 Å². The third kappa shape index (κ3) is 4.12. The molecule has 0 saturated heterocycles. The molecule has 5 nitrogen and oxygen atoms in total. The van der Waals surface area contributed by atoms with Gasteiger partial charge in [0.25, 0.3) is 0 Å². The van der Waals surface area contributed by atoms with Crippen molar-refractivity contribution in [2.75, 3.05) is 4.90 Å². The molecule has 11 heteroatoms. The number of carbonyl (C=O) groups excluding carboxylic acids is 1. The molecular weight excluding hydrogens is 391 g/mol. The fourth-order valence-electron chi connectivity index (χ4n) is 2.85. The summed E-state index contributed by atoms with van der Waals surface area (Å²) < 4.78 is 67.0. The van der Waals surface area contributed by atoms with Crippen molar-refractivity contribution in [3.63, 3.8) is 0 Å². The molecule has 2 N–H and O–H groups in total. The highest BCUT2D eigenvalue weighted by atomic mass is 32.2. The first-order chi connectivity index (χ1) is 12.7. The van der Waals surface area contributed by atoms with E-state index >= 15 is 0 Å². The number of fused-ring (bicyclic) bond motifs is 1. The molecule has 27 heavy (non-hydrogen) atoms. The molecule has 1 aliphatic rings. The highest BCUT2D eigenvalue weighted by Gasteiger charge is 2.34. The van der Waals surface area contributed by atoms with Crippen molar-refractivity contribution in [3.8, 4) is 0 Å². The molecular formula is C16H13F5N4OS. The number of primary amides is 1. The van der Waals surface area contributed by atoms with Gasteiger partial charge >= 0.3 is 11.5 Å². The maximum absolute atomic E-state index is 14.1. The number of para-hydroxylation sites is 1. The highest BCUT2D eigenvalue weighted by molar-refractivity contribution is 8.00. The minimum absolute atomic E-state index is 0.306. The summed E-state index contributed by atoms with van der Waals surface area (Å²) in [6, 6.07) is 1.53. The van der Waals surface area contributed by atoms with Crippen LogP contribution in [0.2, 0.25) is 0 Å². The molecule has 2 amide bonds. The van der Waals surface area contributed by atoms with E-state index in [4.69, 9.17) is 5.73 Å². The molecule has 1 aromatic heterocycles. The van der Waals surface area contributed by atoms with E-state index in [2.05, 4.69) is 9.97 Å². The molecule has 0 saturated carbocycles. The molecule has 0 spiro atoms. The summed E-state index contributed by atoms with van der Waals surface area (Å²) in [5, 5.41) is -0.398. The molecule has 0 aliphatic heterocycles. The summed E-state index contributed by atoms with van der Waals surface area (Å²) in [7, 11) is 0. The first-order valence-electron chi connectivity index (χ1n) is 7.86. The number of aromatic nitrogens is 2. The smallest absolute Gasteiger partial charge is 0.351 e. The Labute approximate surface area is 154 Å². The number of hydrogen-bond donors (Lipinski definition) is 1. The van der Waals surface area contributed by atoms with Crippen LogP contribution in [-0.4, -0.2) is 21.5 Å². The predicted octanol–water partition coefficient (Wildman–Crippen LogP) is 4.46. The molecule has 0 unspecified atom stereocenters. The van der Waals surface area contributed by atoms with Crippen molar-refractivity contribution in [2.24, 2.45) is 5.73 Å². The van der Waals surface area contributed by atoms with E-state index < -0.39 is 51.6 Å². The number of anilines is 2. The second-order valence-corrected chi connectivity index (χ2v) is 6.81. The van der Waals surface area contributed by atoms with Gasteiger partial charge in [0.05, 0.1) is 5.69 Å². The summed E-state index contributed by atoms with van der Waals surface area (Å²) in [5.41, 5.74) is 0.397. The minimum Gasteiger partial charge on any atom is -0.351 e. The number of rotatable bonds is 3. The molecule has 0 bridgehead atoms. The number of nitrogens with zero attached hydrogens (tertiary/aromatic N) is 3. The summed E-state index contributed by atoms with van der Waals surface area (Å²) in [4.78, 5) is 20.1. The number of urea groups is 1. The van der Waals surface area contributed by atoms with Crippen LogP contribution in [0.3, 0.4) is 0 Å². The lowest BCUT2D eigenvalue weighted by molar-refractivity contribution is -0.0329. The van der Waals surface area contributed by atoms with Gasteiger partial charge < -0.3 is 5.73 Å². The minimum atomic E-state index is -4.63. The quantitative estimate of drug-likeness (QED) is 0.466. The van der Waals surface area contributed by atoms with Gasteiger partial charge in [-0.1, -0.05) is 6.07 Å². The SMILES string of the molecule is NC(=O)N(c1nc2c(c(SC(F)(F)F)n1)CCCC2)c1c(F)cccc1F. The highest BCUT2D eigenvalue weighted by Crippen LogP contribution is 2.41. The van der Waals surface area contributed by atoms with Gasteiger partial charge in [-0.15, -0.1) is 0 Å². The van der Waals surface area contributed by atoms with E-state index in [-0.39, 0.29) is 0 Å². The van der Waals surface area contributed by atoms with E-state index in [0.717, 1.165) is 18.2 Å². The number of halogens is 5. The Morgan fingerprint density at radius 1 is 1.11 bits per heavy atom. The fraction of sp³-hybridized carbons (Fsp3) is 0.312. The largest absolute Gasteiger partial charge is 0.447 e. The Morgan fingerprint density at radius 3 is 2.33 bits per heavy atom. The van der Waals surface area contributed by atoms with E-state index in [9.17, 15) is 26.7 Å². The van der Waals surface area contributed by atoms with Crippen LogP contribution in [0, 0.1) is 11.6 Å². The fourth-order valence-corrected chi connectivity index (χ4v) is 3.54. The molecule has 2 aromatic rings. The lowest BCUT2D eigenvalue weighted by atomic mass is 9.97. The van der Waals surface area contributed by atoms with Gasteiger partial charge in [0.15, 0.2) is 0 Å². The third-order valence-electron chi connectivity index (χ3n) is 3.93. The Kier molecular flexibility index (Phi) is 5.22. The first kappa shape index (κ1) is 19.3. The van der Waals surface area contributed by atoms with Crippen LogP contribution in [0.25, 0.3) is 0 Å². The topological polar surface area (TPSA) is 72.1 Å². The van der Waals surface area contributed by atoms with E-state index in [1.807, 2.05) is 0 Å². The number of aryl methyl sites for hydroxylation is 1. The van der Waals surface area contributed by atoms with Gasteiger partial charge in [-0.2, -0.15) is 13.2 Å². The second-order valence-electron chi connectivity index (χ2n) is 5.75. The standard InChI is InChI=1S/C16H13F5N4OS/c17-9-5-3-6-10(18)12(9)25(14(22)26)15-23-11-7-2-1-4-8(11)13(24-15)27-16(19,20)21/h3,5-6H,1-2,4,7H2,(H2,22,26). The van der Waals surface area contributed by atoms with Crippen molar-refractivity contribution < 1.29 is 26.7 Å². The number of hydrogen-bond acceptors (Lipinski definition) is 4. The second kappa shape index (κ2) is 7.29. The number of benzene rings is 1. The maximum atomic E-state index is 14.1. The molecule has 0 radical (unpaired) electrons. The van der Waals surface area contributed by atoms with Crippen LogP contribution in [0.5, 0.6) is 0 Å². The van der Waals surface area contributed by atoms with Gasteiger partial charge in [0.1, 0.15) is 22.3 Å². The molecule has 1 aliphatic carbocycles. The van der Waals surface area contributed by atoms with Crippen molar-refractivity contribution >= 4 is 29.4 Å². The first-order valence-corrected chi connectivity index (χ1v) is 8.68. The monoisotopic (exact) mass is 404 g/mol. The van der Waals surface area contributed by atoms with Crippen LogP contribution in [0.4, 0.5) is 38.4 Å². The summed E-state index contributed by atoms with van der Waals surface area (Å²) in [5.74, 6) is -2.85. The maximum Gasteiger partial charge on any atom is 0.447 e. The Morgan fingerprint density at radius 2 is 1.74 bits per heavy atom. The Bertz CT molecular complexity index is 870. The number of carbonyl (C=O) groups is 1. The molecule has 3 rings (SSSR count). The number of thioether (sulfide) groups is 1. The van der Waals surface area contributed by atoms with Crippen LogP contribution >= 0.6 is 11.8 Å².